The predicted molar refractivity (Wildman–Crippen MR) is 114 cm³/mol. The van der Waals surface area contributed by atoms with Gasteiger partial charge in [0.05, 0.1) is 11.6 Å². The third-order valence-corrected chi connectivity index (χ3v) is 6.36. The molecule has 5 rings (SSSR count). The number of fused-ring (bicyclic) bond motifs is 2. The molecule has 0 radical (unpaired) electrons. The summed E-state index contributed by atoms with van der Waals surface area (Å²) in [7, 11) is 0. The SMILES string of the molecule is O=C(Nc1nc2c(s1)CCC[C@@H]2C(=O)NCc1cccnc1)c1ccc2c(c1)OCO2. The number of amides is 2. The Morgan fingerprint density at radius 1 is 1.19 bits per heavy atom. The van der Waals surface area contributed by atoms with Crippen LogP contribution in [0.4, 0.5) is 5.13 Å². The third kappa shape index (κ3) is 4.09. The van der Waals surface area contributed by atoms with Gasteiger partial charge in [0.25, 0.3) is 5.91 Å². The molecule has 0 bridgehead atoms. The summed E-state index contributed by atoms with van der Waals surface area (Å²) in [6.07, 6.45) is 5.95. The van der Waals surface area contributed by atoms with Crippen LogP contribution in [0.5, 0.6) is 11.5 Å². The predicted octanol–water partition coefficient (Wildman–Crippen LogP) is 3.26. The number of benzene rings is 1. The molecule has 2 N–H and O–H groups in total. The number of thiazole rings is 1. The van der Waals surface area contributed by atoms with Crippen LogP contribution in [0, 0.1) is 0 Å². The van der Waals surface area contributed by atoms with Gasteiger partial charge >= 0.3 is 0 Å². The van der Waals surface area contributed by atoms with E-state index < -0.39 is 0 Å². The zero-order valence-corrected chi connectivity index (χ0v) is 17.4. The third-order valence-electron chi connectivity index (χ3n) is 5.32. The molecule has 0 unspecified atom stereocenters. The second kappa shape index (κ2) is 8.35. The van der Waals surface area contributed by atoms with Gasteiger partial charge in [0.2, 0.25) is 12.7 Å². The summed E-state index contributed by atoms with van der Waals surface area (Å²) < 4.78 is 10.6. The maximum Gasteiger partial charge on any atom is 0.257 e. The number of anilines is 1. The molecule has 1 aliphatic carbocycles. The van der Waals surface area contributed by atoms with E-state index in [1.165, 1.54) is 11.3 Å². The van der Waals surface area contributed by atoms with Gasteiger partial charge in [-0.05, 0) is 49.1 Å². The number of rotatable bonds is 5. The van der Waals surface area contributed by atoms with Crippen LogP contribution < -0.4 is 20.1 Å². The van der Waals surface area contributed by atoms with Crippen molar-refractivity contribution in [2.75, 3.05) is 12.1 Å². The smallest absolute Gasteiger partial charge is 0.257 e. The molecule has 2 aliphatic rings. The molecule has 1 aromatic carbocycles. The Kier molecular flexibility index (Phi) is 5.25. The summed E-state index contributed by atoms with van der Waals surface area (Å²) in [5, 5.41) is 6.34. The number of nitrogens with zero attached hydrogens (tertiary/aromatic N) is 2. The Morgan fingerprint density at radius 3 is 2.97 bits per heavy atom. The Morgan fingerprint density at radius 2 is 2.10 bits per heavy atom. The Balaban J connectivity index is 1.28. The zero-order valence-electron chi connectivity index (χ0n) is 16.6. The number of hydrogen-bond acceptors (Lipinski definition) is 7. The lowest BCUT2D eigenvalue weighted by Crippen LogP contribution is -2.31. The maximum absolute atomic E-state index is 12.8. The number of carbonyl (C=O) groups excluding carboxylic acids is 2. The van der Waals surface area contributed by atoms with E-state index in [0.29, 0.717) is 28.7 Å². The van der Waals surface area contributed by atoms with E-state index in [0.717, 1.165) is 35.4 Å². The summed E-state index contributed by atoms with van der Waals surface area (Å²) in [6, 6.07) is 8.82. The molecule has 158 valence electrons. The molecule has 3 heterocycles. The fraction of sp³-hybridized carbons (Fsp3) is 0.273. The molecule has 1 atom stereocenters. The molecule has 1 aliphatic heterocycles. The fourth-order valence-corrected chi connectivity index (χ4v) is 4.81. The minimum atomic E-state index is -0.312. The number of nitrogens with one attached hydrogen (secondary N) is 2. The molecule has 31 heavy (non-hydrogen) atoms. The van der Waals surface area contributed by atoms with Crippen molar-refractivity contribution >= 4 is 28.3 Å². The van der Waals surface area contributed by atoms with Crippen LogP contribution in [0.25, 0.3) is 0 Å². The van der Waals surface area contributed by atoms with Crippen molar-refractivity contribution in [3.63, 3.8) is 0 Å². The van der Waals surface area contributed by atoms with Crippen LogP contribution in [0.15, 0.2) is 42.7 Å². The number of aromatic nitrogens is 2. The molecule has 2 amide bonds. The van der Waals surface area contributed by atoms with Crippen molar-refractivity contribution in [1.82, 2.24) is 15.3 Å². The number of ether oxygens (including phenoxy) is 2. The van der Waals surface area contributed by atoms with Gasteiger partial charge < -0.3 is 14.8 Å². The summed E-state index contributed by atoms with van der Waals surface area (Å²) in [5.74, 6) is 0.538. The second-order valence-electron chi connectivity index (χ2n) is 7.37. The van der Waals surface area contributed by atoms with Crippen LogP contribution in [0.1, 0.15) is 45.3 Å². The monoisotopic (exact) mass is 436 g/mol. The minimum Gasteiger partial charge on any atom is -0.454 e. The molecule has 0 fully saturated rings. The largest absolute Gasteiger partial charge is 0.454 e. The number of aryl methyl sites for hydroxylation is 1. The van der Waals surface area contributed by atoms with Crippen molar-refractivity contribution in [2.45, 2.75) is 31.7 Å². The Bertz CT molecular complexity index is 1130. The highest BCUT2D eigenvalue weighted by molar-refractivity contribution is 7.16. The minimum absolute atomic E-state index is 0.0521. The highest BCUT2D eigenvalue weighted by atomic mass is 32.1. The average Bonchev–Trinajstić information content (AvgIpc) is 3.43. The number of pyridine rings is 1. The summed E-state index contributed by atoms with van der Waals surface area (Å²) in [5.41, 5.74) is 2.17. The Hall–Kier alpha value is -3.46. The first-order valence-electron chi connectivity index (χ1n) is 10.0. The van der Waals surface area contributed by atoms with E-state index in [2.05, 4.69) is 20.6 Å². The zero-order chi connectivity index (χ0) is 21.2. The summed E-state index contributed by atoms with van der Waals surface area (Å²) >= 11 is 1.43. The molecular weight excluding hydrogens is 416 g/mol. The number of carbonyl (C=O) groups is 2. The first-order chi connectivity index (χ1) is 15.2. The average molecular weight is 436 g/mol. The lowest BCUT2D eigenvalue weighted by Gasteiger charge is -2.20. The molecule has 3 aromatic rings. The lowest BCUT2D eigenvalue weighted by molar-refractivity contribution is -0.123. The van der Waals surface area contributed by atoms with Crippen LogP contribution in [-0.4, -0.2) is 28.6 Å². The van der Waals surface area contributed by atoms with Crippen molar-refractivity contribution in [3.05, 3.63) is 64.4 Å². The van der Waals surface area contributed by atoms with Crippen molar-refractivity contribution < 1.29 is 19.1 Å². The van der Waals surface area contributed by atoms with Crippen LogP contribution in [0.2, 0.25) is 0 Å². The van der Waals surface area contributed by atoms with Crippen molar-refractivity contribution in [2.24, 2.45) is 0 Å². The van der Waals surface area contributed by atoms with E-state index in [1.54, 1.807) is 30.6 Å². The van der Waals surface area contributed by atoms with E-state index in [4.69, 9.17) is 9.47 Å². The summed E-state index contributed by atoms with van der Waals surface area (Å²) in [4.78, 5) is 35.2. The standard InChI is InChI=1S/C22H20N4O4S/c27-20(14-6-7-16-17(9-14)30-12-29-16)26-22-25-19-15(4-1-5-18(19)31-22)21(28)24-11-13-3-2-8-23-10-13/h2-3,6-10,15H,1,4-5,11-12H2,(H,24,28)(H,25,26,27)/t15-/m0/s1. The van der Waals surface area contributed by atoms with Crippen molar-refractivity contribution in [3.8, 4) is 11.5 Å². The normalized spacial score (nSPS) is 16.5. The van der Waals surface area contributed by atoms with Crippen LogP contribution in [-0.2, 0) is 17.8 Å². The first kappa shape index (κ1) is 19.5. The molecule has 9 heteroatoms. The molecule has 0 saturated carbocycles. The van der Waals surface area contributed by atoms with E-state index in [1.807, 2.05) is 12.1 Å². The quantitative estimate of drug-likeness (QED) is 0.637. The molecule has 2 aromatic heterocycles. The number of hydrogen-bond donors (Lipinski definition) is 2. The highest BCUT2D eigenvalue weighted by Gasteiger charge is 2.30. The van der Waals surface area contributed by atoms with Gasteiger partial charge in [-0.3, -0.25) is 19.9 Å². The molecule has 0 saturated heterocycles. The van der Waals surface area contributed by atoms with Crippen molar-refractivity contribution in [1.29, 1.82) is 0 Å². The van der Waals surface area contributed by atoms with E-state index >= 15 is 0 Å². The second-order valence-corrected chi connectivity index (χ2v) is 8.46. The van der Waals surface area contributed by atoms with Gasteiger partial charge in [-0.1, -0.05) is 6.07 Å². The lowest BCUT2D eigenvalue weighted by atomic mass is 9.90. The van der Waals surface area contributed by atoms with Gasteiger partial charge in [0.15, 0.2) is 16.6 Å². The highest BCUT2D eigenvalue weighted by Crippen LogP contribution is 2.37. The van der Waals surface area contributed by atoms with Crippen LogP contribution >= 0.6 is 11.3 Å². The van der Waals surface area contributed by atoms with Gasteiger partial charge in [-0.15, -0.1) is 11.3 Å². The van der Waals surface area contributed by atoms with Gasteiger partial charge in [-0.25, -0.2) is 4.98 Å². The van der Waals surface area contributed by atoms with E-state index in [9.17, 15) is 9.59 Å². The first-order valence-corrected chi connectivity index (χ1v) is 10.9. The van der Waals surface area contributed by atoms with Gasteiger partial charge in [0, 0.05) is 29.4 Å². The Labute approximate surface area is 182 Å². The fourth-order valence-electron chi connectivity index (χ4n) is 3.75. The molecule has 8 nitrogen and oxygen atoms in total. The van der Waals surface area contributed by atoms with Crippen LogP contribution in [0.3, 0.4) is 0 Å². The summed E-state index contributed by atoms with van der Waals surface area (Å²) in [6.45, 7) is 0.584. The molecular formula is C22H20N4O4S. The molecule has 0 spiro atoms. The van der Waals surface area contributed by atoms with Gasteiger partial charge in [0.1, 0.15) is 0 Å². The van der Waals surface area contributed by atoms with Gasteiger partial charge in [-0.2, -0.15) is 0 Å². The topological polar surface area (TPSA) is 102 Å². The maximum atomic E-state index is 12.8. The van der Waals surface area contributed by atoms with E-state index in [-0.39, 0.29) is 24.5 Å².